The van der Waals surface area contributed by atoms with Crippen molar-refractivity contribution in [2.45, 2.75) is 27.7 Å². The summed E-state index contributed by atoms with van der Waals surface area (Å²) >= 11 is 1.11. The molecule has 1 heterocycles. The molecule has 0 saturated carbocycles. The zero-order chi connectivity index (χ0) is 13.4. The Morgan fingerprint density at radius 2 is 1.82 bits per heavy atom. The maximum atomic E-state index is 13.2. The number of nitrogen functional groups attached to an aromatic ring is 1. The van der Waals surface area contributed by atoms with Crippen LogP contribution in [-0.2, 0) is 0 Å². The number of benzene rings is 1. The lowest BCUT2D eigenvalue weighted by atomic mass is 10.2. The number of nitrogens with two attached hydrogens (primary N) is 1. The molecule has 0 bridgehead atoms. The Hall–Kier alpha value is -1.60. The summed E-state index contributed by atoms with van der Waals surface area (Å²) < 4.78 is 13.6. The summed E-state index contributed by atoms with van der Waals surface area (Å²) in [5, 5.41) is 9.73. The van der Waals surface area contributed by atoms with E-state index >= 15 is 0 Å². The summed E-state index contributed by atoms with van der Waals surface area (Å²) in [6.45, 7) is 8.00. The van der Waals surface area contributed by atoms with Crippen LogP contribution in [0.4, 0.5) is 9.39 Å². The van der Waals surface area contributed by atoms with Gasteiger partial charge in [-0.3, -0.25) is 0 Å². The molecule has 0 spiro atoms. The van der Waals surface area contributed by atoms with Gasteiger partial charge < -0.3 is 5.73 Å². The normalized spacial score (nSPS) is 8.47. The summed E-state index contributed by atoms with van der Waals surface area (Å²) in [6, 6.07) is 6.60. The number of rotatable bonds is 0. The summed E-state index contributed by atoms with van der Waals surface area (Å²) in [7, 11) is 0. The molecule has 92 valence electrons. The van der Waals surface area contributed by atoms with Crippen LogP contribution in [0.25, 0.3) is 10.1 Å². The van der Waals surface area contributed by atoms with Crippen molar-refractivity contribution < 1.29 is 4.39 Å². The van der Waals surface area contributed by atoms with E-state index in [1.54, 1.807) is 12.1 Å². The molecule has 0 aliphatic rings. The van der Waals surface area contributed by atoms with Crippen LogP contribution in [0.2, 0.25) is 0 Å². The summed E-state index contributed by atoms with van der Waals surface area (Å²) in [5.74, 6) is -0.323. The van der Waals surface area contributed by atoms with Gasteiger partial charge >= 0.3 is 0 Å². The monoisotopic (exact) mass is 252 g/mol. The smallest absolute Gasteiger partial charge is 0.141 e. The Bertz CT molecular complexity index is 512. The minimum absolute atomic E-state index is 0.323. The molecule has 0 aliphatic carbocycles. The third kappa shape index (κ3) is 3.18. The second kappa shape index (κ2) is 7.64. The van der Waals surface area contributed by atoms with Gasteiger partial charge in [0.2, 0.25) is 0 Å². The van der Waals surface area contributed by atoms with Crippen LogP contribution in [0.3, 0.4) is 0 Å². The minimum atomic E-state index is -0.323. The van der Waals surface area contributed by atoms with Crippen LogP contribution in [-0.4, -0.2) is 0 Å². The number of hydrogen-bond donors (Lipinski definition) is 1. The van der Waals surface area contributed by atoms with Crippen molar-refractivity contribution in [1.82, 2.24) is 0 Å². The SMILES string of the molecule is CC.CC.N#Cc1c(N)sc2c(F)cccc12. The first kappa shape index (κ1) is 15.4. The van der Waals surface area contributed by atoms with Gasteiger partial charge in [0, 0.05) is 5.39 Å². The number of anilines is 1. The van der Waals surface area contributed by atoms with Crippen molar-refractivity contribution in [1.29, 1.82) is 5.26 Å². The molecule has 1 aromatic heterocycles. The fourth-order valence-electron chi connectivity index (χ4n) is 1.22. The highest BCUT2D eigenvalue weighted by Gasteiger charge is 2.11. The predicted molar refractivity (Wildman–Crippen MR) is 73.6 cm³/mol. The molecule has 17 heavy (non-hydrogen) atoms. The van der Waals surface area contributed by atoms with E-state index in [2.05, 4.69) is 0 Å². The molecule has 2 N–H and O–H groups in total. The van der Waals surface area contributed by atoms with Crippen LogP contribution >= 0.6 is 11.3 Å². The lowest BCUT2D eigenvalue weighted by Gasteiger charge is -1.89. The van der Waals surface area contributed by atoms with Crippen LogP contribution in [0.15, 0.2) is 18.2 Å². The Morgan fingerprint density at radius 1 is 1.24 bits per heavy atom. The van der Waals surface area contributed by atoms with Gasteiger partial charge in [0.1, 0.15) is 16.9 Å². The first-order chi connectivity index (χ1) is 8.24. The van der Waals surface area contributed by atoms with E-state index in [0.717, 1.165) is 11.3 Å². The number of nitriles is 1. The molecule has 0 fully saturated rings. The van der Waals surface area contributed by atoms with Gasteiger partial charge in [0.05, 0.1) is 10.3 Å². The number of hydrogen-bond acceptors (Lipinski definition) is 3. The van der Waals surface area contributed by atoms with Crippen molar-refractivity contribution in [3.05, 3.63) is 29.6 Å². The molecule has 0 radical (unpaired) electrons. The van der Waals surface area contributed by atoms with Gasteiger partial charge in [-0.15, -0.1) is 11.3 Å². The summed E-state index contributed by atoms with van der Waals surface area (Å²) in [4.78, 5) is 0. The molecule has 2 rings (SSSR count). The van der Waals surface area contributed by atoms with Crippen LogP contribution in [0.1, 0.15) is 33.3 Å². The first-order valence-electron chi connectivity index (χ1n) is 5.60. The predicted octanol–water partition coefficient (Wildman–Crippen LogP) is 4.55. The second-order valence-electron chi connectivity index (χ2n) is 2.57. The molecular weight excluding hydrogens is 235 g/mol. The summed E-state index contributed by atoms with van der Waals surface area (Å²) in [6.07, 6.45) is 0. The molecule has 0 unspecified atom stereocenters. The number of fused-ring (bicyclic) bond motifs is 1. The maximum absolute atomic E-state index is 13.2. The Balaban J connectivity index is 0.000000581. The zero-order valence-electron chi connectivity index (χ0n) is 10.5. The lowest BCUT2D eigenvalue weighted by Crippen LogP contribution is -1.81. The van der Waals surface area contributed by atoms with E-state index in [0.29, 0.717) is 20.7 Å². The van der Waals surface area contributed by atoms with Crippen molar-refractivity contribution in [3.8, 4) is 6.07 Å². The van der Waals surface area contributed by atoms with Crippen LogP contribution in [0, 0.1) is 17.1 Å². The molecule has 0 amide bonds. The quantitative estimate of drug-likeness (QED) is 0.748. The van der Waals surface area contributed by atoms with Gasteiger partial charge in [-0.2, -0.15) is 5.26 Å². The Morgan fingerprint density at radius 3 is 2.35 bits per heavy atom. The van der Waals surface area contributed by atoms with Crippen LogP contribution < -0.4 is 5.73 Å². The van der Waals surface area contributed by atoms with Gasteiger partial charge in [-0.05, 0) is 6.07 Å². The van der Waals surface area contributed by atoms with E-state index < -0.39 is 0 Å². The standard InChI is InChI=1S/C9H5FN2S.2C2H6/c10-7-3-1-2-5-6(4-11)9(12)13-8(5)7;2*1-2/h1-3H,12H2;2*1-2H3. The van der Waals surface area contributed by atoms with E-state index in [1.165, 1.54) is 6.07 Å². The fraction of sp³-hybridized carbons (Fsp3) is 0.308. The van der Waals surface area contributed by atoms with E-state index in [9.17, 15) is 4.39 Å². The molecular formula is C13H17FN2S. The maximum Gasteiger partial charge on any atom is 0.141 e. The molecule has 0 saturated heterocycles. The lowest BCUT2D eigenvalue weighted by molar-refractivity contribution is 0.642. The Kier molecular flexibility index (Phi) is 6.92. The number of thiophene rings is 1. The minimum Gasteiger partial charge on any atom is -0.389 e. The first-order valence-corrected chi connectivity index (χ1v) is 6.42. The largest absolute Gasteiger partial charge is 0.389 e. The average molecular weight is 252 g/mol. The summed E-state index contributed by atoms with van der Waals surface area (Å²) in [5.41, 5.74) is 5.94. The highest BCUT2D eigenvalue weighted by atomic mass is 32.1. The van der Waals surface area contributed by atoms with Gasteiger partial charge in [-0.1, -0.05) is 39.8 Å². The van der Waals surface area contributed by atoms with E-state index in [1.807, 2.05) is 33.8 Å². The van der Waals surface area contributed by atoms with Crippen molar-refractivity contribution in [2.24, 2.45) is 0 Å². The molecule has 2 aromatic rings. The number of nitrogens with zero attached hydrogens (tertiary/aromatic N) is 1. The Labute approximate surface area is 105 Å². The second-order valence-corrected chi connectivity index (χ2v) is 3.62. The molecule has 1 aromatic carbocycles. The molecule has 0 aliphatic heterocycles. The zero-order valence-corrected chi connectivity index (χ0v) is 11.4. The van der Waals surface area contributed by atoms with Gasteiger partial charge in [0.25, 0.3) is 0 Å². The van der Waals surface area contributed by atoms with Crippen LogP contribution in [0.5, 0.6) is 0 Å². The van der Waals surface area contributed by atoms with E-state index in [4.69, 9.17) is 11.0 Å². The molecule has 4 heteroatoms. The van der Waals surface area contributed by atoms with Gasteiger partial charge in [0.15, 0.2) is 0 Å². The van der Waals surface area contributed by atoms with Crippen molar-refractivity contribution in [3.63, 3.8) is 0 Å². The van der Waals surface area contributed by atoms with Gasteiger partial charge in [-0.25, -0.2) is 4.39 Å². The number of halogens is 1. The molecule has 0 atom stereocenters. The average Bonchev–Trinajstić information content (AvgIpc) is 2.71. The third-order valence-corrected chi connectivity index (χ3v) is 2.85. The highest BCUT2D eigenvalue weighted by Crippen LogP contribution is 2.34. The van der Waals surface area contributed by atoms with E-state index in [-0.39, 0.29) is 5.82 Å². The third-order valence-electron chi connectivity index (χ3n) is 1.81. The topological polar surface area (TPSA) is 49.8 Å². The van der Waals surface area contributed by atoms with Crippen molar-refractivity contribution in [2.75, 3.05) is 5.73 Å². The molecule has 2 nitrogen and oxygen atoms in total. The highest BCUT2D eigenvalue weighted by molar-refractivity contribution is 7.23. The van der Waals surface area contributed by atoms with Crippen molar-refractivity contribution >= 4 is 26.4 Å². The fourth-order valence-corrected chi connectivity index (χ4v) is 2.14.